The Kier molecular flexibility index (Phi) is 8.19. The van der Waals surface area contributed by atoms with E-state index in [1.165, 1.54) is 23.8 Å². The van der Waals surface area contributed by atoms with Gasteiger partial charge in [-0.1, -0.05) is 37.8 Å². The summed E-state index contributed by atoms with van der Waals surface area (Å²) in [6.45, 7) is 4.31. The van der Waals surface area contributed by atoms with Gasteiger partial charge in [-0.2, -0.15) is 5.26 Å². The molecule has 28 heavy (non-hydrogen) atoms. The van der Waals surface area contributed by atoms with Crippen molar-refractivity contribution >= 4 is 46.1 Å². The first-order chi connectivity index (χ1) is 13.3. The van der Waals surface area contributed by atoms with Gasteiger partial charge in [0.1, 0.15) is 16.8 Å². The number of methoxy groups -OCH3 is 1. The number of esters is 1. The number of carbonyl (C=O) groups is 3. The normalized spacial score (nSPS) is 23.4. The second-order valence-electron chi connectivity index (χ2n) is 6.77. The molecule has 3 atom stereocenters. The molecule has 11 heteroatoms. The van der Waals surface area contributed by atoms with Crippen LogP contribution in [-0.2, 0) is 33.5 Å². The van der Waals surface area contributed by atoms with Gasteiger partial charge in [0.05, 0.1) is 20.3 Å². The standard InChI is InChI=1S/C17H25NO8S2/c1-4-11(14(20)18-12(15(21)23-3)9-28-16(18)27)10(2)7-17(8-13(19)26-22)24-5-6-25-17/h10-12,22H,4-9H2,1-3H3/t10-,11?,12+/m1/s1. The van der Waals surface area contributed by atoms with E-state index in [2.05, 4.69) is 4.89 Å². The molecule has 2 fully saturated rings. The number of ether oxygens (including phenoxy) is 3. The molecule has 0 radical (unpaired) electrons. The maximum Gasteiger partial charge on any atom is 0.347 e. The number of carbonyl (C=O) groups excluding carboxylic acids is 3. The lowest BCUT2D eigenvalue weighted by molar-refractivity contribution is -0.249. The van der Waals surface area contributed by atoms with E-state index in [0.29, 0.717) is 29.7 Å². The highest BCUT2D eigenvalue weighted by Gasteiger charge is 2.46. The molecule has 0 spiro atoms. The zero-order valence-corrected chi connectivity index (χ0v) is 17.7. The molecular formula is C17H25NO8S2. The van der Waals surface area contributed by atoms with Crippen molar-refractivity contribution in [3.05, 3.63) is 0 Å². The summed E-state index contributed by atoms with van der Waals surface area (Å²) in [6, 6.07) is -0.742. The van der Waals surface area contributed by atoms with Gasteiger partial charge in [-0.3, -0.25) is 9.69 Å². The molecule has 0 bridgehead atoms. The minimum atomic E-state index is -1.26. The van der Waals surface area contributed by atoms with Crippen LogP contribution >= 0.6 is 24.0 Å². The lowest BCUT2D eigenvalue weighted by Crippen LogP contribution is -2.48. The molecule has 0 aromatic rings. The van der Waals surface area contributed by atoms with Crippen molar-refractivity contribution in [2.24, 2.45) is 11.8 Å². The van der Waals surface area contributed by atoms with Gasteiger partial charge < -0.3 is 19.1 Å². The number of thiocarbonyl (C=S) groups is 1. The van der Waals surface area contributed by atoms with Crippen molar-refractivity contribution in [2.45, 2.75) is 44.9 Å². The van der Waals surface area contributed by atoms with Crippen LogP contribution in [0.3, 0.4) is 0 Å². The van der Waals surface area contributed by atoms with Crippen LogP contribution < -0.4 is 0 Å². The molecule has 1 unspecified atom stereocenters. The van der Waals surface area contributed by atoms with Gasteiger partial charge >= 0.3 is 11.9 Å². The second kappa shape index (κ2) is 9.97. The summed E-state index contributed by atoms with van der Waals surface area (Å²) < 4.78 is 16.4. The van der Waals surface area contributed by atoms with Gasteiger partial charge in [0, 0.05) is 18.1 Å². The van der Waals surface area contributed by atoms with Crippen LogP contribution in [0.5, 0.6) is 0 Å². The van der Waals surface area contributed by atoms with Crippen molar-refractivity contribution in [3.8, 4) is 0 Å². The van der Waals surface area contributed by atoms with E-state index in [0.717, 1.165) is 0 Å². The number of rotatable bonds is 8. The fraction of sp³-hybridized carbons (Fsp3) is 0.765. The highest BCUT2D eigenvalue weighted by Crippen LogP contribution is 2.37. The molecule has 0 aromatic heterocycles. The fourth-order valence-corrected chi connectivity index (χ4v) is 5.01. The summed E-state index contributed by atoms with van der Waals surface area (Å²) >= 11 is 6.54. The largest absolute Gasteiger partial charge is 0.467 e. The number of hydrogen-bond acceptors (Lipinski definition) is 10. The van der Waals surface area contributed by atoms with Crippen LogP contribution in [0.25, 0.3) is 0 Å². The number of thioether (sulfide) groups is 1. The Morgan fingerprint density at radius 1 is 1.39 bits per heavy atom. The third-order valence-corrected chi connectivity index (χ3v) is 6.47. The van der Waals surface area contributed by atoms with E-state index in [-0.39, 0.29) is 24.7 Å². The minimum Gasteiger partial charge on any atom is -0.467 e. The number of hydrogen-bond donors (Lipinski definition) is 1. The summed E-state index contributed by atoms with van der Waals surface area (Å²) in [5.74, 6) is -3.27. The lowest BCUT2D eigenvalue weighted by atomic mass is 9.84. The Morgan fingerprint density at radius 3 is 2.57 bits per heavy atom. The Balaban J connectivity index is 2.16. The maximum atomic E-state index is 13.2. The summed E-state index contributed by atoms with van der Waals surface area (Å²) in [4.78, 5) is 41.9. The Bertz CT molecular complexity index is 622. The number of amides is 1. The van der Waals surface area contributed by atoms with Crippen LogP contribution in [0.4, 0.5) is 0 Å². The van der Waals surface area contributed by atoms with E-state index in [4.69, 9.17) is 31.7 Å². The summed E-state index contributed by atoms with van der Waals surface area (Å²) in [5.41, 5.74) is 0. The molecule has 0 saturated carbocycles. The monoisotopic (exact) mass is 435 g/mol. The molecule has 9 nitrogen and oxygen atoms in total. The molecule has 2 aliphatic heterocycles. The Labute approximate surface area is 172 Å². The van der Waals surface area contributed by atoms with Crippen LogP contribution in [0.15, 0.2) is 0 Å². The molecule has 2 rings (SSSR count). The molecule has 2 aliphatic rings. The van der Waals surface area contributed by atoms with Crippen molar-refractivity contribution < 1.29 is 38.7 Å². The van der Waals surface area contributed by atoms with Crippen LogP contribution in [-0.4, -0.2) is 70.2 Å². The molecule has 0 aromatic carbocycles. The van der Waals surface area contributed by atoms with Gasteiger partial charge in [-0.25, -0.2) is 9.59 Å². The summed E-state index contributed by atoms with van der Waals surface area (Å²) in [6.07, 6.45) is 0.447. The number of nitrogens with zero attached hydrogens (tertiary/aromatic N) is 1. The van der Waals surface area contributed by atoms with Crippen molar-refractivity contribution in [1.29, 1.82) is 0 Å². The minimum absolute atomic E-state index is 0.239. The molecule has 1 N–H and O–H groups in total. The van der Waals surface area contributed by atoms with Crippen LogP contribution in [0, 0.1) is 11.8 Å². The lowest BCUT2D eigenvalue weighted by Gasteiger charge is -2.34. The molecular weight excluding hydrogens is 410 g/mol. The van der Waals surface area contributed by atoms with E-state index < -0.39 is 29.7 Å². The molecule has 2 saturated heterocycles. The van der Waals surface area contributed by atoms with Crippen LogP contribution in [0.1, 0.15) is 33.1 Å². The first kappa shape index (κ1) is 23.0. The average Bonchev–Trinajstić information content (AvgIpc) is 3.28. The summed E-state index contributed by atoms with van der Waals surface area (Å²) in [7, 11) is 1.27. The van der Waals surface area contributed by atoms with Gasteiger partial charge in [0.15, 0.2) is 5.79 Å². The van der Waals surface area contributed by atoms with Gasteiger partial charge in [0.2, 0.25) is 5.91 Å². The highest BCUT2D eigenvalue weighted by atomic mass is 32.2. The van der Waals surface area contributed by atoms with E-state index in [1.54, 1.807) is 0 Å². The van der Waals surface area contributed by atoms with Crippen molar-refractivity contribution in [3.63, 3.8) is 0 Å². The third kappa shape index (κ3) is 5.01. The Morgan fingerprint density at radius 2 is 2.04 bits per heavy atom. The SMILES string of the molecule is CCC(C(=O)N1C(=S)SC[C@H]1C(=O)OC)[C@H](C)CC1(CC(=O)OO)OCCO1. The molecule has 2 heterocycles. The van der Waals surface area contributed by atoms with Gasteiger partial charge in [-0.05, 0) is 12.3 Å². The van der Waals surface area contributed by atoms with Crippen molar-refractivity contribution in [1.82, 2.24) is 4.90 Å². The fourth-order valence-electron chi connectivity index (χ4n) is 3.65. The predicted octanol–water partition coefficient (Wildman–Crippen LogP) is 1.59. The first-order valence-electron chi connectivity index (χ1n) is 8.98. The molecule has 158 valence electrons. The molecule has 0 aliphatic carbocycles. The van der Waals surface area contributed by atoms with Gasteiger partial charge in [0.25, 0.3) is 0 Å². The second-order valence-corrected chi connectivity index (χ2v) is 8.42. The average molecular weight is 436 g/mol. The quantitative estimate of drug-likeness (QED) is 0.261. The topological polar surface area (TPSA) is 112 Å². The third-order valence-electron chi connectivity index (χ3n) is 4.99. The zero-order chi connectivity index (χ0) is 20.9. The zero-order valence-electron chi connectivity index (χ0n) is 16.0. The predicted molar refractivity (Wildman–Crippen MR) is 103 cm³/mol. The van der Waals surface area contributed by atoms with Crippen molar-refractivity contribution in [2.75, 3.05) is 26.1 Å². The Hall–Kier alpha value is -1.27. The highest BCUT2D eigenvalue weighted by molar-refractivity contribution is 8.23. The van der Waals surface area contributed by atoms with E-state index in [9.17, 15) is 14.4 Å². The molecule has 1 amide bonds. The smallest absolute Gasteiger partial charge is 0.347 e. The van der Waals surface area contributed by atoms with Crippen LogP contribution in [0.2, 0.25) is 0 Å². The maximum absolute atomic E-state index is 13.2. The van der Waals surface area contributed by atoms with Gasteiger partial charge in [-0.15, -0.1) is 0 Å². The van der Waals surface area contributed by atoms with E-state index >= 15 is 0 Å². The first-order valence-corrected chi connectivity index (χ1v) is 10.4. The van der Waals surface area contributed by atoms with E-state index in [1.807, 2.05) is 13.8 Å². The summed E-state index contributed by atoms with van der Waals surface area (Å²) in [5, 5.41) is 8.58.